The second kappa shape index (κ2) is 5.66. The molecule has 0 spiro atoms. The first-order valence-corrected chi connectivity index (χ1v) is 7.76. The van der Waals surface area contributed by atoms with Gasteiger partial charge in [-0.2, -0.15) is 10.1 Å². The number of nitrogens with zero attached hydrogens (tertiary/aromatic N) is 3. The zero-order valence-electron chi connectivity index (χ0n) is 12.2. The van der Waals surface area contributed by atoms with E-state index in [0.29, 0.717) is 11.0 Å². The summed E-state index contributed by atoms with van der Waals surface area (Å²) in [5, 5.41) is 8.39. The summed E-state index contributed by atoms with van der Waals surface area (Å²) in [6, 6.07) is 14.3. The number of fused-ring (bicyclic) bond motifs is 1. The van der Waals surface area contributed by atoms with E-state index >= 15 is 0 Å². The van der Waals surface area contributed by atoms with E-state index in [1.807, 2.05) is 28.9 Å². The van der Waals surface area contributed by atoms with Crippen molar-refractivity contribution in [2.75, 3.05) is 5.32 Å². The second-order valence-electron chi connectivity index (χ2n) is 5.55. The van der Waals surface area contributed by atoms with Crippen LogP contribution in [0.5, 0.6) is 0 Å². The molecule has 2 aromatic carbocycles. The van der Waals surface area contributed by atoms with Gasteiger partial charge in [-0.3, -0.25) is 0 Å². The minimum Gasteiger partial charge on any atom is -0.348 e. The average Bonchev–Trinajstić information content (AvgIpc) is 3.04. The lowest BCUT2D eigenvalue weighted by Crippen LogP contribution is -2.28. The highest BCUT2D eigenvalue weighted by atomic mass is 35.5. The number of hydrogen-bond acceptors (Lipinski definition) is 3. The summed E-state index contributed by atoms with van der Waals surface area (Å²) in [5.41, 5.74) is 2.02. The molecule has 1 N–H and O–H groups in total. The highest BCUT2D eigenvalue weighted by Gasteiger charge is 2.30. The average molecular weight is 329 g/mol. The maximum Gasteiger partial charge on any atom is 0.222 e. The Bertz CT molecular complexity index is 831. The molecule has 0 amide bonds. The van der Waals surface area contributed by atoms with Gasteiger partial charge in [0.2, 0.25) is 5.95 Å². The van der Waals surface area contributed by atoms with Gasteiger partial charge in [-0.05, 0) is 35.7 Å². The van der Waals surface area contributed by atoms with Crippen LogP contribution < -0.4 is 5.32 Å². The van der Waals surface area contributed by atoms with Crippen LogP contribution in [-0.4, -0.2) is 14.8 Å². The molecule has 1 aliphatic rings. The predicted octanol–water partition coefficient (Wildman–Crippen LogP) is 4.22. The van der Waals surface area contributed by atoms with Gasteiger partial charge in [0.05, 0.1) is 12.1 Å². The monoisotopic (exact) mass is 328 g/mol. The van der Waals surface area contributed by atoms with Crippen LogP contribution in [-0.2, 0) is 0 Å². The van der Waals surface area contributed by atoms with E-state index in [9.17, 15) is 4.39 Å². The van der Waals surface area contributed by atoms with Crippen molar-refractivity contribution in [3.63, 3.8) is 0 Å². The summed E-state index contributed by atoms with van der Waals surface area (Å²) in [4.78, 5) is 4.28. The Labute approximate surface area is 137 Å². The number of anilines is 1. The Morgan fingerprint density at radius 1 is 1.13 bits per heavy atom. The third kappa shape index (κ3) is 2.57. The topological polar surface area (TPSA) is 42.7 Å². The molecule has 0 aliphatic carbocycles. The maximum atomic E-state index is 13.2. The standard InChI is InChI=1S/C17H14ClFN4/c18-14-4-2-1-3-13(14)16-9-15(11-5-7-12(19)8-6-11)22-17-20-10-21-23(16)17/h1-8,10,15-16H,9H2,(H,20,21,22)/t15-,16-/m0/s1. The Morgan fingerprint density at radius 3 is 2.70 bits per heavy atom. The molecule has 4 nitrogen and oxygen atoms in total. The molecule has 1 aliphatic heterocycles. The van der Waals surface area contributed by atoms with Crippen LogP contribution in [0.2, 0.25) is 5.02 Å². The van der Waals surface area contributed by atoms with Crippen LogP contribution >= 0.6 is 11.6 Å². The van der Waals surface area contributed by atoms with Gasteiger partial charge >= 0.3 is 0 Å². The number of benzene rings is 2. The fraction of sp³-hybridized carbons (Fsp3) is 0.176. The summed E-state index contributed by atoms with van der Waals surface area (Å²) < 4.78 is 15.0. The summed E-state index contributed by atoms with van der Waals surface area (Å²) >= 11 is 6.37. The molecule has 0 unspecified atom stereocenters. The normalized spacial score (nSPS) is 19.9. The van der Waals surface area contributed by atoms with Gasteiger partial charge in [0.15, 0.2) is 0 Å². The zero-order chi connectivity index (χ0) is 15.8. The van der Waals surface area contributed by atoms with Crippen LogP contribution in [0.25, 0.3) is 0 Å². The minimum absolute atomic E-state index is 0.0162. The molecule has 0 bridgehead atoms. The molecular weight excluding hydrogens is 315 g/mol. The van der Waals surface area contributed by atoms with E-state index in [-0.39, 0.29) is 17.9 Å². The first-order valence-electron chi connectivity index (χ1n) is 7.38. The Kier molecular flexibility index (Phi) is 3.50. The quantitative estimate of drug-likeness (QED) is 0.766. The molecule has 1 aromatic heterocycles. The van der Waals surface area contributed by atoms with E-state index in [1.165, 1.54) is 18.5 Å². The molecule has 3 aromatic rings. The molecule has 4 rings (SSSR count). The van der Waals surface area contributed by atoms with Gasteiger partial charge in [0.1, 0.15) is 12.1 Å². The third-order valence-corrected chi connectivity index (χ3v) is 4.51. The van der Waals surface area contributed by atoms with Crippen LogP contribution in [0, 0.1) is 5.82 Å². The molecule has 0 saturated carbocycles. The summed E-state index contributed by atoms with van der Waals surface area (Å²) in [6.45, 7) is 0. The largest absolute Gasteiger partial charge is 0.348 e. The summed E-state index contributed by atoms with van der Waals surface area (Å²) in [6.07, 6.45) is 2.28. The van der Waals surface area contributed by atoms with Crippen LogP contribution in [0.1, 0.15) is 29.6 Å². The lowest BCUT2D eigenvalue weighted by Gasteiger charge is -2.32. The van der Waals surface area contributed by atoms with E-state index in [2.05, 4.69) is 15.4 Å². The van der Waals surface area contributed by atoms with Gasteiger partial charge in [-0.15, -0.1) is 0 Å². The lowest BCUT2D eigenvalue weighted by atomic mass is 9.93. The van der Waals surface area contributed by atoms with Gasteiger partial charge < -0.3 is 5.32 Å². The fourth-order valence-electron chi connectivity index (χ4n) is 3.04. The van der Waals surface area contributed by atoms with E-state index in [4.69, 9.17) is 11.6 Å². The lowest BCUT2D eigenvalue weighted by molar-refractivity contribution is 0.430. The van der Waals surface area contributed by atoms with Gasteiger partial charge in [-0.1, -0.05) is 41.9 Å². The SMILES string of the molecule is Fc1ccc([C@@H]2C[C@@H](c3ccccc3Cl)n3ncnc3N2)cc1. The summed E-state index contributed by atoms with van der Waals surface area (Å²) in [5.74, 6) is 0.450. The fourth-order valence-corrected chi connectivity index (χ4v) is 3.30. The Hall–Kier alpha value is -2.40. The molecule has 23 heavy (non-hydrogen) atoms. The van der Waals surface area contributed by atoms with Crippen LogP contribution in [0.4, 0.5) is 10.3 Å². The number of rotatable bonds is 2. The van der Waals surface area contributed by atoms with Crippen molar-refractivity contribution in [1.82, 2.24) is 14.8 Å². The van der Waals surface area contributed by atoms with Crippen molar-refractivity contribution < 1.29 is 4.39 Å². The van der Waals surface area contributed by atoms with Crippen molar-refractivity contribution in [1.29, 1.82) is 0 Å². The highest BCUT2D eigenvalue weighted by molar-refractivity contribution is 6.31. The van der Waals surface area contributed by atoms with Crippen LogP contribution in [0.15, 0.2) is 54.9 Å². The van der Waals surface area contributed by atoms with E-state index in [0.717, 1.165) is 17.5 Å². The Balaban J connectivity index is 1.75. The number of hydrogen-bond donors (Lipinski definition) is 1. The number of aromatic nitrogens is 3. The van der Waals surface area contributed by atoms with E-state index in [1.54, 1.807) is 12.1 Å². The summed E-state index contributed by atoms with van der Waals surface area (Å²) in [7, 11) is 0. The number of halogens is 2. The molecule has 116 valence electrons. The Morgan fingerprint density at radius 2 is 1.91 bits per heavy atom. The molecule has 0 saturated heterocycles. The first-order chi connectivity index (χ1) is 11.2. The molecular formula is C17H14ClFN4. The minimum atomic E-state index is -0.240. The molecule has 2 atom stereocenters. The molecule has 0 fully saturated rings. The smallest absolute Gasteiger partial charge is 0.222 e. The zero-order valence-corrected chi connectivity index (χ0v) is 12.9. The van der Waals surface area contributed by atoms with Crippen molar-refractivity contribution in [3.8, 4) is 0 Å². The second-order valence-corrected chi connectivity index (χ2v) is 5.96. The van der Waals surface area contributed by atoms with Crippen LogP contribution in [0.3, 0.4) is 0 Å². The van der Waals surface area contributed by atoms with Crippen molar-refractivity contribution in [2.45, 2.75) is 18.5 Å². The first kappa shape index (κ1) is 14.2. The van der Waals surface area contributed by atoms with Gasteiger partial charge in [0.25, 0.3) is 0 Å². The van der Waals surface area contributed by atoms with Gasteiger partial charge in [-0.25, -0.2) is 9.07 Å². The predicted molar refractivity (Wildman–Crippen MR) is 87.0 cm³/mol. The third-order valence-electron chi connectivity index (χ3n) is 4.17. The van der Waals surface area contributed by atoms with E-state index < -0.39 is 0 Å². The van der Waals surface area contributed by atoms with Crippen molar-refractivity contribution in [2.24, 2.45) is 0 Å². The van der Waals surface area contributed by atoms with Gasteiger partial charge in [0, 0.05) is 5.02 Å². The molecule has 2 heterocycles. The molecule has 0 radical (unpaired) electrons. The van der Waals surface area contributed by atoms with Crippen molar-refractivity contribution >= 4 is 17.5 Å². The maximum absolute atomic E-state index is 13.2. The van der Waals surface area contributed by atoms with Crippen molar-refractivity contribution in [3.05, 3.63) is 76.8 Å². The highest BCUT2D eigenvalue weighted by Crippen LogP contribution is 2.39. The number of nitrogens with one attached hydrogen (secondary N) is 1. The molecule has 6 heteroatoms.